The van der Waals surface area contributed by atoms with Crippen LogP contribution in [0.5, 0.6) is 0 Å². The van der Waals surface area contributed by atoms with E-state index in [1.165, 1.54) is 11.1 Å². The normalized spacial score (nSPS) is 17.3. The molecular formula is C28H43NO4Si. The molecule has 0 amide bonds. The molecule has 0 aromatic heterocycles. The fourth-order valence-corrected chi connectivity index (χ4v) is 4.99. The monoisotopic (exact) mass is 485 g/mol. The highest BCUT2D eigenvalue weighted by Crippen LogP contribution is 2.37. The molecule has 6 heteroatoms. The zero-order chi connectivity index (χ0) is 24.6. The van der Waals surface area contributed by atoms with Crippen LogP contribution in [-0.2, 0) is 27.0 Å². The van der Waals surface area contributed by atoms with Crippen molar-refractivity contribution >= 4 is 8.32 Å². The first kappa shape index (κ1) is 27.1. The van der Waals surface area contributed by atoms with Crippen LogP contribution in [0.1, 0.15) is 44.7 Å². The number of benzene rings is 2. The van der Waals surface area contributed by atoms with Crippen molar-refractivity contribution in [2.24, 2.45) is 0 Å². The lowest BCUT2D eigenvalue weighted by Crippen LogP contribution is -2.50. The van der Waals surface area contributed by atoms with Crippen LogP contribution >= 0.6 is 0 Å². The molecule has 0 saturated carbocycles. The zero-order valence-corrected chi connectivity index (χ0v) is 22.6. The lowest BCUT2D eigenvalue weighted by molar-refractivity contribution is -0.0632. The Hall–Kier alpha value is -1.54. The van der Waals surface area contributed by atoms with Crippen LogP contribution in [0.15, 0.2) is 60.7 Å². The maximum absolute atomic E-state index is 11.5. The number of aliphatic hydroxyl groups is 1. The first-order valence-corrected chi connectivity index (χ1v) is 15.4. The summed E-state index contributed by atoms with van der Waals surface area (Å²) < 4.78 is 17.9. The van der Waals surface area contributed by atoms with Gasteiger partial charge in [0.15, 0.2) is 14.6 Å². The molecule has 2 atom stereocenters. The van der Waals surface area contributed by atoms with Gasteiger partial charge in [0.2, 0.25) is 0 Å². The molecule has 3 rings (SSSR count). The molecule has 0 radical (unpaired) electrons. The van der Waals surface area contributed by atoms with E-state index in [1.54, 1.807) is 0 Å². The van der Waals surface area contributed by atoms with Crippen molar-refractivity contribution in [1.29, 1.82) is 0 Å². The summed E-state index contributed by atoms with van der Waals surface area (Å²) in [6, 6.07) is 20.8. The fourth-order valence-electron chi connectivity index (χ4n) is 3.97. The van der Waals surface area contributed by atoms with Crippen LogP contribution in [0.2, 0.25) is 18.1 Å². The van der Waals surface area contributed by atoms with Gasteiger partial charge in [-0.2, -0.15) is 0 Å². The smallest absolute Gasteiger partial charge is 0.192 e. The lowest BCUT2D eigenvalue weighted by atomic mass is 10.0. The molecule has 1 heterocycles. The number of ether oxygens (including phenoxy) is 2. The predicted octanol–water partition coefficient (Wildman–Crippen LogP) is 5.59. The third kappa shape index (κ3) is 8.01. The summed E-state index contributed by atoms with van der Waals surface area (Å²) in [5.74, 6) is 0. The maximum Gasteiger partial charge on any atom is 0.192 e. The van der Waals surface area contributed by atoms with E-state index in [4.69, 9.17) is 13.9 Å². The van der Waals surface area contributed by atoms with Crippen molar-refractivity contribution in [3.63, 3.8) is 0 Å². The van der Waals surface area contributed by atoms with Gasteiger partial charge in [0.05, 0.1) is 32.0 Å². The van der Waals surface area contributed by atoms with Gasteiger partial charge in [0.1, 0.15) is 0 Å². The molecule has 0 spiro atoms. The molecule has 1 fully saturated rings. The first-order chi connectivity index (χ1) is 16.2. The Morgan fingerprint density at radius 3 is 1.91 bits per heavy atom. The number of nitrogens with zero attached hydrogens (tertiary/aromatic N) is 1. The Bertz CT molecular complexity index is 793. The summed E-state index contributed by atoms with van der Waals surface area (Å²) in [6.45, 7) is 14.6. The van der Waals surface area contributed by atoms with Crippen LogP contribution < -0.4 is 0 Å². The number of hydrogen-bond acceptors (Lipinski definition) is 5. The van der Waals surface area contributed by atoms with Crippen LogP contribution in [0.4, 0.5) is 0 Å². The highest BCUT2D eigenvalue weighted by atomic mass is 28.4. The first-order valence-electron chi connectivity index (χ1n) is 12.5. The van der Waals surface area contributed by atoms with E-state index in [0.717, 1.165) is 13.1 Å². The third-order valence-electron chi connectivity index (χ3n) is 7.18. The summed E-state index contributed by atoms with van der Waals surface area (Å²) in [5.41, 5.74) is 2.45. The molecule has 0 aliphatic carbocycles. The number of hydrogen-bond donors (Lipinski definition) is 1. The van der Waals surface area contributed by atoms with Gasteiger partial charge < -0.3 is 19.0 Å². The highest BCUT2D eigenvalue weighted by molar-refractivity contribution is 6.74. The van der Waals surface area contributed by atoms with Crippen molar-refractivity contribution < 1.29 is 19.0 Å². The second-order valence-corrected chi connectivity index (χ2v) is 15.6. The predicted molar refractivity (Wildman–Crippen MR) is 140 cm³/mol. The number of rotatable bonds is 12. The van der Waals surface area contributed by atoms with Crippen LogP contribution in [0.25, 0.3) is 0 Å². The van der Waals surface area contributed by atoms with Gasteiger partial charge in [0, 0.05) is 19.5 Å². The van der Waals surface area contributed by atoms with Crippen LogP contribution in [0.3, 0.4) is 0 Å². The topological polar surface area (TPSA) is 51.2 Å². The van der Waals surface area contributed by atoms with Gasteiger partial charge in [-0.3, -0.25) is 4.90 Å². The molecule has 1 aliphatic heterocycles. The summed E-state index contributed by atoms with van der Waals surface area (Å²) in [7, 11) is -1.98. The number of aliphatic hydroxyl groups excluding tert-OH is 1. The molecule has 188 valence electrons. The fraction of sp³-hybridized carbons (Fsp3) is 0.571. The lowest BCUT2D eigenvalue weighted by Gasteiger charge is -2.41. The maximum atomic E-state index is 11.5. The second kappa shape index (κ2) is 12.4. The Morgan fingerprint density at radius 1 is 0.941 bits per heavy atom. The standard InChI is InChI=1S/C28H43NO4Si/c1-28(2,3)34(4,5)33-22-25(26(30)16-17-27-31-18-19-32-27)29(20-23-12-8-6-9-13-23)21-24-14-10-7-11-15-24/h6-15,25-27,30H,16-22H2,1-5H3/t25-,26+/m0/s1. The van der Waals surface area contributed by atoms with Crippen molar-refractivity contribution in [2.75, 3.05) is 19.8 Å². The average Bonchev–Trinajstić information content (AvgIpc) is 3.32. The van der Waals surface area contributed by atoms with E-state index in [2.05, 4.69) is 87.3 Å². The molecule has 2 aromatic rings. The molecule has 0 unspecified atom stereocenters. The van der Waals surface area contributed by atoms with E-state index >= 15 is 0 Å². The Kier molecular flexibility index (Phi) is 9.89. The van der Waals surface area contributed by atoms with E-state index in [-0.39, 0.29) is 17.4 Å². The summed E-state index contributed by atoms with van der Waals surface area (Å²) >= 11 is 0. The Labute approximate surface area is 207 Å². The zero-order valence-electron chi connectivity index (χ0n) is 21.6. The Morgan fingerprint density at radius 2 is 1.44 bits per heavy atom. The molecular weight excluding hydrogens is 442 g/mol. The molecule has 0 bridgehead atoms. The van der Waals surface area contributed by atoms with E-state index < -0.39 is 14.4 Å². The van der Waals surface area contributed by atoms with Gasteiger partial charge in [0.25, 0.3) is 0 Å². The quantitative estimate of drug-likeness (QED) is 0.397. The molecule has 2 aromatic carbocycles. The van der Waals surface area contributed by atoms with Crippen LogP contribution in [0, 0.1) is 0 Å². The summed E-state index contributed by atoms with van der Waals surface area (Å²) in [5, 5.41) is 11.6. The average molecular weight is 486 g/mol. The molecule has 1 saturated heterocycles. The van der Waals surface area contributed by atoms with Crippen molar-refractivity contribution in [3.8, 4) is 0 Å². The van der Waals surface area contributed by atoms with Gasteiger partial charge >= 0.3 is 0 Å². The van der Waals surface area contributed by atoms with Gasteiger partial charge in [-0.1, -0.05) is 81.4 Å². The molecule has 5 nitrogen and oxygen atoms in total. The van der Waals surface area contributed by atoms with E-state index in [0.29, 0.717) is 32.7 Å². The Balaban J connectivity index is 1.83. The van der Waals surface area contributed by atoms with Crippen molar-refractivity contribution in [3.05, 3.63) is 71.8 Å². The second-order valence-electron chi connectivity index (χ2n) is 10.8. The van der Waals surface area contributed by atoms with Gasteiger partial charge in [-0.05, 0) is 35.7 Å². The summed E-state index contributed by atoms with van der Waals surface area (Å²) in [4.78, 5) is 2.37. The minimum absolute atomic E-state index is 0.109. The highest BCUT2D eigenvalue weighted by Gasteiger charge is 2.39. The van der Waals surface area contributed by atoms with Crippen molar-refractivity contribution in [2.45, 2.75) is 83.3 Å². The molecule has 1 aliphatic rings. The summed E-state index contributed by atoms with van der Waals surface area (Å²) in [6.07, 6.45) is 0.525. The van der Waals surface area contributed by atoms with Gasteiger partial charge in [-0.25, -0.2) is 0 Å². The minimum Gasteiger partial charge on any atom is -0.415 e. The molecule has 1 N–H and O–H groups in total. The third-order valence-corrected chi connectivity index (χ3v) is 11.7. The van der Waals surface area contributed by atoms with Gasteiger partial charge in [-0.15, -0.1) is 0 Å². The molecule has 34 heavy (non-hydrogen) atoms. The SMILES string of the molecule is CC(C)(C)[Si](C)(C)OC[C@@H]([C@H](O)CCC1OCCO1)N(Cc1ccccc1)Cc1ccccc1. The van der Waals surface area contributed by atoms with Crippen molar-refractivity contribution in [1.82, 2.24) is 4.90 Å². The van der Waals surface area contributed by atoms with Crippen LogP contribution in [-0.4, -0.2) is 56.6 Å². The minimum atomic E-state index is -1.98. The largest absolute Gasteiger partial charge is 0.415 e. The van der Waals surface area contributed by atoms with E-state index in [1.807, 2.05) is 12.1 Å². The van der Waals surface area contributed by atoms with E-state index in [9.17, 15) is 5.11 Å².